The van der Waals surface area contributed by atoms with Crippen molar-refractivity contribution in [3.63, 3.8) is 0 Å². The number of aliphatic hydroxyl groups is 1. The molecule has 0 bridgehead atoms. The topological polar surface area (TPSA) is 71.5 Å². The van der Waals surface area contributed by atoms with E-state index in [9.17, 15) is 4.79 Å². The first-order valence-corrected chi connectivity index (χ1v) is 5.93. The van der Waals surface area contributed by atoms with Crippen LogP contribution in [-0.2, 0) is 7.05 Å². The second-order valence-corrected chi connectivity index (χ2v) is 4.69. The molecular formula is C12H19N3O2. The summed E-state index contributed by atoms with van der Waals surface area (Å²) < 4.78 is 1.76. The number of nitrogen functional groups attached to an aromatic ring is 1. The first-order valence-electron chi connectivity index (χ1n) is 5.93. The predicted molar refractivity (Wildman–Crippen MR) is 65.5 cm³/mol. The van der Waals surface area contributed by atoms with Gasteiger partial charge >= 0.3 is 0 Å². The van der Waals surface area contributed by atoms with E-state index < -0.39 is 0 Å². The van der Waals surface area contributed by atoms with Gasteiger partial charge in [-0.3, -0.25) is 4.79 Å². The molecule has 1 aromatic rings. The molecule has 0 radical (unpaired) electrons. The molecule has 1 aliphatic rings. The monoisotopic (exact) mass is 237 g/mol. The maximum atomic E-state index is 12.2. The highest BCUT2D eigenvalue weighted by Crippen LogP contribution is 2.22. The van der Waals surface area contributed by atoms with Crippen LogP contribution in [0.2, 0.25) is 0 Å². The van der Waals surface area contributed by atoms with Crippen LogP contribution in [0.1, 0.15) is 23.3 Å². The molecule has 5 nitrogen and oxygen atoms in total. The van der Waals surface area contributed by atoms with Crippen LogP contribution < -0.4 is 5.73 Å². The highest BCUT2D eigenvalue weighted by Gasteiger charge is 2.27. The summed E-state index contributed by atoms with van der Waals surface area (Å²) in [4.78, 5) is 14.1. The molecule has 1 atom stereocenters. The number of nitrogens with two attached hydrogens (primary N) is 1. The van der Waals surface area contributed by atoms with E-state index in [1.165, 1.54) is 0 Å². The van der Waals surface area contributed by atoms with Crippen LogP contribution in [-0.4, -0.2) is 40.2 Å². The lowest BCUT2D eigenvalue weighted by atomic mass is 10.1. The van der Waals surface area contributed by atoms with Crippen molar-refractivity contribution in [1.29, 1.82) is 0 Å². The Bertz CT molecular complexity index is 414. The Kier molecular flexibility index (Phi) is 3.38. The number of hydrogen-bond donors (Lipinski definition) is 2. The molecule has 3 N–H and O–H groups in total. The molecule has 0 aromatic carbocycles. The molecule has 2 rings (SSSR count). The number of aromatic nitrogens is 1. The van der Waals surface area contributed by atoms with Gasteiger partial charge in [0.2, 0.25) is 0 Å². The van der Waals surface area contributed by atoms with Crippen molar-refractivity contribution in [2.75, 3.05) is 25.4 Å². The Morgan fingerprint density at radius 1 is 1.65 bits per heavy atom. The lowest BCUT2D eigenvalue weighted by Crippen LogP contribution is -2.30. The lowest BCUT2D eigenvalue weighted by Gasteiger charge is -2.16. The van der Waals surface area contributed by atoms with E-state index in [0.717, 1.165) is 25.9 Å². The maximum Gasteiger partial charge on any atom is 0.270 e. The van der Waals surface area contributed by atoms with Crippen LogP contribution in [0, 0.1) is 5.92 Å². The minimum Gasteiger partial charge on any atom is -0.397 e. The molecule has 0 spiro atoms. The van der Waals surface area contributed by atoms with E-state index in [2.05, 4.69) is 0 Å². The molecule has 1 aromatic heterocycles. The number of aryl methyl sites for hydroxylation is 1. The minimum atomic E-state index is 0.0321. The number of anilines is 1. The van der Waals surface area contributed by atoms with E-state index in [-0.39, 0.29) is 12.5 Å². The zero-order valence-electron chi connectivity index (χ0n) is 10.1. The molecule has 0 aliphatic carbocycles. The van der Waals surface area contributed by atoms with E-state index in [1.807, 2.05) is 11.9 Å². The van der Waals surface area contributed by atoms with Crippen LogP contribution in [0.5, 0.6) is 0 Å². The van der Waals surface area contributed by atoms with E-state index in [4.69, 9.17) is 10.8 Å². The summed E-state index contributed by atoms with van der Waals surface area (Å²) in [5.41, 5.74) is 6.91. The van der Waals surface area contributed by atoms with Gasteiger partial charge in [-0.15, -0.1) is 0 Å². The van der Waals surface area contributed by atoms with Crippen molar-refractivity contribution >= 4 is 11.6 Å². The fraction of sp³-hybridized carbons (Fsp3) is 0.583. The highest BCUT2D eigenvalue weighted by molar-refractivity contribution is 5.94. The van der Waals surface area contributed by atoms with Gasteiger partial charge in [-0.25, -0.2) is 0 Å². The van der Waals surface area contributed by atoms with Gasteiger partial charge in [-0.1, -0.05) is 0 Å². The van der Waals surface area contributed by atoms with Gasteiger partial charge in [-0.2, -0.15) is 0 Å². The molecule has 17 heavy (non-hydrogen) atoms. The Balaban J connectivity index is 2.04. The van der Waals surface area contributed by atoms with Gasteiger partial charge in [0.05, 0.1) is 5.69 Å². The molecule has 1 fully saturated rings. The van der Waals surface area contributed by atoms with Gasteiger partial charge in [0.25, 0.3) is 5.91 Å². The number of rotatable bonds is 3. The van der Waals surface area contributed by atoms with Gasteiger partial charge < -0.3 is 20.3 Å². The van der Waals surface area contributed by atoms with Gasteiger partial charge in [0.1, 0.15) is 5.69 Å². The van der Waals surface area contributed by atoms with Crippen LogP contribution in [0.4, 0.5) is 5.69 Å². The Labute approximate surface area is 101 Å². The number of carbonyl (C=O) groups is 1. The highest BCUT2D eigenvalue weighted by atomic mass is 16.3. The fourth-order valence-electron chi connectivity index (χ4n) is 2.40. The maximum absolute atomic E-state index is 12.2. The van der Waals surface area contributed by atoms with Crippen molar-refractivity contribution in [1.82, 2.24) is 9.47 Å². The second-order valence-electron chi connectivity index (χ2n) is 4.69. The van der Waals surface area contributed by atoms with Gasteiger partial charge in [0, 0.05) is 32.9 Å². The van der Waals surface area contributed by atoms with Crippen LogP contribution in [0.3, 0.4) is 0 Å². The zero-order valence-corrected chi connectivity index (χ0v) is 10.1. The standard InChI is InChI=1S/C12H19N3O2/c1-14-8-10(13)6-11(14)12(17)15-4-2-9(7-15)3-5-16/h6,8-9,16H,2-5,7,13H2,1H3. The first-order chi connectivity index (χ1) is 8.11. The third-order valence-corrected chi connectivity index (χ3v) is 3.36. The summed E-state index contributed by atoms with van der Waals surface area (Å²) in [5, 5.41) is 8.89. The zero-order chi connectivity index (χ0) is 12.4. The smallest absolute Gasteiger partial charge is 0.270 e. The number of carbonyl (C=O) groups excluding carboxylic acids is 1. The largest absolute Gasteiger partial charge is 0.397 e. The van der Waals surface area contributed by atoms with Crippen LogP contribution >= 0.6 is 0 Å². The number of hydrogen-bond acceptors (Lipinski definition) is 3. The molecule has 1 aliphatic heterocycles. The average Bonchev–Trinajstić information content (AvgIpc) is 2.85. The summed E-state index contributed by atoms with van der Waals surface area (Å²) in [6.07, 6.45) is 3.50. The number of likely N-dealkylation sites (tertiary alicyclic amines) is 1. The summed E-state index contributed by atoms with van der Waals surface area (Å²) in [5.74, 6) is 0.464. The molecule has 5 heteroatoms. The molecule has 94 valence electrons. The Hall–Kier alpha value is -1.49. The van der Waals surface area contributed by atoms with Crippen molar-refractivity contribution < 1.29 is 9.90 Å². The Morgan fingerprint density at radius 2 is 2.41 bits per heavy atom. The van der Waals surface area contributed by atoms with E-state index in [1.54, 1.807) is 16.8 Å². The normalized spacial score (nSPS) is 19.9. The summed E-state index contributed by atoms with van der Waals surface area (Å²) in [6.45, 7) is 1.71. The van der Waals surface area contributed by atoms with E-state index in [0.29, 0.717) is 17.3 Å². The fourth-order valence-corrected chi connectivity index (χ4v) is 2.40. The molecule has 0 saturated carbocycles. The summed E-state index contributed by atoms with van der Waals surface area (Å²) in [7, 11) is 1.82. The SMILES string of the molecule is Cn1cc(N)cc1C(=O)N1CCC(CCO)C1. The summed E-state index contributed by atoms with van der Waals surface area (Å²) >= 11 is 0. The third kappa shape index (κ3) is 2.44. The average molecular weight is 237 g/mol. The lowest BCUT2D eigenvalue weighted by molar-refractivity contribution is 0.0775. The molecule has 2 heterocycles. The van der Waals surface area contributed by atoms with Crippen molar-refractivity contribution in [3.8, 4) is 0 Å². The van der Waals surface area contributed by atoms with E-state index >= 15 is 0 Å². The number of aliphatic hydroxyl groups excluding tert-OH is 1. The Morgan fingerprint density at radius 3 is 3.00 bits per heavy atom. The van der Waals surface area contributed by atoms with Crippen LogP contribution in [0.15, 0.2) is 12.3 Å². The second kappa shape index (κ2) is 4.79. The molecule has 1 saturated heterocycles. The predicted octanol–water partition coefficient (Wildman–Crippen LogP) is 0.452. The quantitative estimate of drug-likeness (QED) is 0.802. The number of nitrogens with zero attached hydrogens (tertiary/aromatic N) is 2. The van der Waals surface area contributed by atoms with Gasteiger partial charge in [0.15, 0.2) is 0 Å². The minimum absolute atomic E-state index is 0.0321. The molecular weight excluding hydrogens is 218 g/mol. The molecule has 1 unspecified atom stereocenters. The third-order valence-electron chi connectivity index (χ3n) is 3.36. The molecule has 1 amide bonds. The van der Waals surface area contributed by atoms with Gasteiger partial charge in [-0.05, 0) is 24.8 Å². The van der Waals surface area contributed by atoms with Crippen LogP contribution in [0.25, 0.3) is 0 Å². The van der Waals surface area contributed by atoms with Crippen molar-refractivity contribution in [2.45, 2.75) is 12.8 Å². The van der Waals surface area contributed by atoms with Crippen molar-refractivity contribution in [3.05, 3.63) is 18.0 Å². The van der Waals surface area contributed by atoms with Crippen molar-refractivity contribution in [2.24, 2.45) is 13.0 Å². The first kappa shape index (κ1) is 12.0. The summed E-state index contributed by atoms with van der Waals surface area (Å²) in [6, 6.07) is 1.71. The number of amides is 1.